The minimum absolute atomic E-state index is 0.216. The molecule has 71 heavy (non-hydrogen) atoms. The van der Waals surface area contributed by atoms with Crippen LogP contribution in [-0.4, -0.2) is 113 Å². The minimum Gasteiger partial charge on any atom is -0.390 e. The zero-order valence-electron chi connectivity index (χ0n) is 54.9. The topological polar surface area (TPSA) is 94.1 Å². The van der Waals surface area contributed by atoms with E-state index in [0.29, 0.717) is 79.6 Å². The zero-order chi connectivity index (χ0) is 57.8. The zero-order valence-corrected chi connectivity index (χ0v) is 54.9. The monoisotopic (exact) mass is 1030 g/mol. The van der Waals surface area contributed by atoms with Gasteiger partial charge in [0.2, 0.25) is 0 Å². The highest BCUT2D eigenvalue weighted by molar-refractivity contribution is 4.61. The maximum Gasteiger partial charge on any atom is 0.0827 e. The van der Waals surface area contributed by atoms with Gasteiger partial charge in [-0.15, -0.1) is 0 Å². The Hall–Kier alpha value is -0.360. The van der Waals surface area contributed by atoms with E-state index in [-0.39, 0.29) is 18.3 Å². The second-order valence-corrected chi connectivity index (χ2v) is 24.3. The van der Waals surface area contributed by atoms with E-state index in [1.54, 1.807) is 7.11 Å². The number of methoxy groups -OCH3 is 1. The molecule has 0 radical (unpaired) electrons. The van der Waals surface area contributed by atoms with Gasteiger partial charge < -0.3 is 43.0 Å². The summed E-state index contributed by atoms with van der Waals surface area (Å²) >= 11 is 0. The van der Waals surface area contributed by atoms with Gasteiger partial charge in [-0.1, -0.05) is 130 Å². The summed E-state index contributed by atoms with van der Waals surface area (Å²) in [6.07, 6.45) is 9.31. The van der Waals surface area contributed by atoms with Gasteiger partial charge in [-0.05, 0) is 171 Å². The Balaban J connectivity index is -0.000000107. The van der Waals surface area contributed by atoms with E-state index in [1.165, 1.54) is 32.1 Å². The van der Waals surface area contributed by atoms with E-state index in [2.05, 4.69) is 152 Å². The lowest BCUT2D eigenvalue weighted by Crippen LogP contribution is -2.25. The molecule has 0 saturated carbocycles. The number of rotatable bonds is 29. The summed E-state index contributed by atoms with van der Waals surface area (Å²) in [5.74, 6) is 5.47. The van der Waals surface area contributed by atoms with E-state index < -0.39 is 0 Å². The molecular weight excluding hydrogens is 889 g/mol. The molecule has 0 aromatic rings. The number of aliphatic hydroxyl groups is 1. The van der Waals surface area contributed by atoms with E-state index in [4.69, 9.17) is 37.9 Å². The molecule has 0 fully saturated rings. The summed E-state index contributed by atoms with van der Waals surface area (Å²) in [7, 11) is 1.73. The SMILES string of the molecule is CC(C)CCCC(C)C.CC(C)CCOC(C)C.CC(C)CCOC(C)C.CC(C)COC(C)C.CC(C)COC(C)C.CC(C)OC(C)C.CC(C)OCC(O)C(C)C.COC(COC(C)C)C(C)C. The van der Waals surface area contributed by atoms with Gasteiger partial charge in [-0.2, -0.15) is 0 Å². The van der Waals surface area contributed by atoms with E-state index in [1.807, 2.05) is 69.2 Å². The Morgan fingerprint density at radius 3 is 0.718 bits per heavy atom. The first-order chi connectivity index (χ1) is 32.4. The van der Waals surface area contributed by atoms with Crippen molar-refractivity contribution in [2.45, 2.75) is 315 Å². The Labute approximate surface area is 450 Å². The molecule has 0 rings (SSSR count). The van der Waals surface area contributed by atoms with Crippen LogP contribution in [0.15, 0.2) is 0 Å². The third kappa shape index (κ3) is 119. The molecule has 0 aliphatic heterocycles. The maximum absolute atomic E-state index is 9.25. The van der Waals surface area contributed by atoms with Gasteiger partial charge in [0.05, 0.1) is 74.3 Å². The summed E-state index contributed by atoms with van der Waals surface area (Å²) in [5, 5.41) is 9.25. The van der Waals surface area contributed by atoms with Crippen LogP contribution in [0.4, 0.5) is 0 Å². The molecule has 442 valence electrons. The quantitative estimate of drug-likeness (QED) is 0.0786. The van der Waals surface area contributed by atoms with Gasteiger partial charge in [-0.3, -0.25) is 0 Å². The predicted octanol–water partition coefficient (Wildman–Crippen LogP) is 17.8. The molecule has 9 heteroatoms. The summed E-state index contributed by atoms with van der Waals surface area (Å²) in [6.45, 7) is 72.3. The minimum atomic E-state index is -0.317. The number of aliphatic hydroxyl groups excluding tert-OH is 1. The summed E-state index contributed by atoms with van der Waals surface area (Å²) < 4.78 is 42.4. The van der Waals surface area contributed by atoms with Crippen molar-refractivity contribution in [2.75, 3.05) is 46.8 Å². The van der Waals surface area contributed by atoms with Crippen LogP contribution < -0.4 is 0 Å². The molecule has 0 spiro atoms. The normalized spacial score (nSPS) is 12.3. The fourth-order valence-corrected chi connectivity index (χ4v) is 4.63. The molecule has 1 N–H and O–H groups in total. The molecule has 9 nitrogen and oxygen atoms in total. The Morgan fingerprint density at radius 1 is 0.282 bits per heavy atom. The molecule has 0 aliphatic carbocycles. The fraction of sp³-hybridized carbons (Fsp3) is 1.00. The third-order valence-corrected chi connectivity index (χ3v) is 8.94. The second kappa shape index (κ2) is 62.2. The van der Waals surface area contributed by atoms with Crippen LogP contribution in [0.3, 0.4) is 0 Å². The second-order valence-electron chi connectivity index (χ2n) is 24.3. The molecule has 0 aliphatic rings. The number of hydrogen-bond acceptors (Lipinski definition) is 9. The van der Waals surface area contributed by atoms with Crippen LogP contribution in [0.1, 0.15) is 254 Å². The molecule has 0 aromatic heterocycles. The first-order valence-corrected chi connectivity index (χ1v) is 28.9. The molecule has 0 aromatic carbocycles. The predicted molar refractivity (Wildman–Crippen MR) is 316 cm³/mol. The van der Waals surface area contributed by atoms with Crippen molar-refractivity contribution in [3.05, 3.63) is 0 Å². The number of ether oxygens (including phenoxy) is 8. The van der Waals surface area contributed by atoms with Gasteiger partial charge in [0.1, 0.15) is 0 Å². The summed E-state index contributed by atoms with van der Waals surface area (Å²) in [5.41, 5.74) is 0. The van der Waals surface area contributed by atoms with Gasteiger partial charge in [0.25, 0.3) is 0 Å². The van der Waals surface area contributed by atoms with Crippen LogP contribution in [0.5, 0.6) is 0 Å². The lowest BCUT2D eigenvalue weighted by Gasteiger charge is -2.20. The largest absolute Gasteiger partial charge is 0.390 e. The summed E-state index contributed by atoms with van der Waals surface area (Å²) in [6, 6.07) is 0. The lowest BCUT2D eigenvalue weighted by atomic mass is 10.0. The van der Waals surface area contributed by atoms with Crippen LogP contribution in [-0.2, 0) is 37.9 Å². The van der Waals surface area contributed by atoms with Crippen molar-refractivity contribution >= 4 is 0 Å². The highest BCUT2D eigenvalue weighted by Crippen LogP contribution is 2.11. The van der Waals surface area contributed by atoms with Crippen LogP contribution in [0, 0.1) is 47.3 Å². The number of hydrogen-bond donors (Lipinski definition) is 1. The first kappa shape index (κ1) is 87.3. The Morgan fingerprint density at radius 2 is 0.549 bits per heavy atom. The first-order valence-electron chi connectivity index (χ1n) is 28.9. The van der Waals surface area contributed by atoms with E-state index >= 15 is 0 Å². The Bertz CT molecular complexity index is 806. The van der Waals surface area contributed by atoms with Crippen molar-refractivity contribution in [3.63, 3.8) is 0 Å². The fourth-order valence-electron chi connectivity index (χ4n) is 4.63. The molecule has 0 bridgehead atoms. The molecular formula is C62H140O9. The highest BCUT2D eigenvalue weighted by Gasteiger charge is 2.12. The Kier molecular flexibility index (Phi) is 76.5. The summed E-state index contributed by atoms with van der Waals surface area (Å²) in [4.78, 5) is 0. The average molecular weight is 1030 g/mol. The maximum atomic E-state index is 9.25. The van der Waals surface area contributed by atoms with Crippen molar-refractivity contribution in [1.29, 1.82) is 0 Å². The lowest BCUT2D eigenvalue weighted by molar-refractivity contribution is -0.0348. The van der Waals surface area contributed by atoms with Crippen LogP contribution in [0.25, 0.3) is 0 Å². The van der Waals surface area contributed by atoms with E-state index in [0.717, 1.165) is 50.1 Å². The van der Waals surface area contributed by atoms with Gasteiger partial charge >= 0.3 is 0 Å². The molecule has 0 heterocycles. The highest BCUT2D eigenvalue weighted by atomic mass is 16.5. The molecule has 2 atom stereocenters. The van der Waals surface area contributed by atoms with E-state index in [9.17, 15) is 5.11 Å². The molecule has 2 unspecified atom stereocenters. The van der Waals surface area contributed by atoms with Crippen LogP contribution in [0.2, 0.25) is 0 Å². The van der Waals surface area contributed by atoms with Crippen molar-refractivity contribution in [2.24, 2.45) is 47.3 Å². The average Bonchev–Trinajstić information content (AvgIpc) is 3.18. The van der Waals surface area contributed by atoms with Gasteiger partial charge in [0, 0.05) is 33.5 Å². The molecule has 0 saturated heterocycles. The van der Waals surface area contributed by atoms with Crippen LogP contribution >= 0.6 is 0 Å². The van der Waals surface area contributed by atoms with Gasteiger partial charge in [0.15, 0.2) is 0 Å². The standard InChI is InChI=1S/C9H20O2.C9H20.C8H18O2.2C8H18O.2C7H16O.C6H14O/c1-7(2)9(10-5)6-11-8(3)4;1-8(2)6-5-7-9(3)4;1-6(2)8(9)5-10-7(3)4;2*1-7(2)5-6-9-8(3)4;2*1-6(2)5-8-7(3)4;1-5(2)7-6(3)4/h7-9H,6H2,1-5H3;8-9H,5-7H2,1-4H3;6-9H,5H2,1-4H3;2*7-8H,5-6H2,1-4H3;2*6-7H,5H2,1-4H3;5-6H,1-4H3. The smallest absolute Gasteiger partial charge is 0.0827 e. The van der Waals surface area contributed by atoms with Crippen molar-refractivity contribution in [1.82, 2.24) is 0 Å². The van der Waals surface area contributed by atoms with Crippen molar-refractivity contribution in [3.8, 4) is 0 Å². The molecule has 0 amide bonds. The van der Waals surface area contributed by atoms with Crippen molar-refractivity contribution < 1.29 is 43.0 Å². The third-order valence-electron chi connectivity index (χ3n) is 8.94. The van der Waals surface area contributed by atoms with Gasteiger partial charge in [-0.25, -0.2) is 0 Å².